The van der Waals surface area contributed by atoms with E-state index >= 15 is 0 Å². The lowest BCUT2D eigenvalue weighted by Crippen LogP contribution is -2.33. The third-order valence-electron chi connectivity index (χ3n) is 2.69. The van der Waals surface area contributed by atoms with E-state index in [2.05, 4.69) is 11.3 Å². The number of ether oxygens (including phenoxy) is 1. The monoisotopic (exact) mass is 317 g/mol. The molecule has 0 amide bonds. The Morgan fingerprint density at radius 1 is 1.55 bits per heavy atom. The van der Waals surface area contributed by atoms with Gasteiger partial charge in [0.2, 0.25) is 10.0 Å². The van der Waals surface area contributed by atoms with Crippen molar-refractivity contribution >= 4 is 27.3 Å². The Morgan fingerprint density at radius 2 is 2.20 bits per heavy atom. The Labute approximate surface area is 123 Å². The second kappa shape index (κ2) is 7.01. The van der Waals surface area contributed by atoms with E-state index in [0.717, 1.165) is 11.3 Å². The van der Waals surface area contributed by atoms with Crippen molar-refractivity contribution in [2.75, 3.05) is 20.2 Å². The van der Waals surface area contributed by atoms with E-state index in [1.54, 1.807) is 12.3 Å². The maximum atomic E-state index is 12.7. The van der Waals surface area contributed by atoms with Crippen molar-refractivity contribution in [2.45, 2.75) is 25.2 Å². The predicted octanol–water partition coefficient (Wildman–Crippen LogP) is 2.43. The first-order chi connectivity index (χ1) is 9.39. The minimum absolute atomic E-state index is 0.0460. The van der Waals surface area contributed by atoms with Gasteiger partial charge < -0.3 is 4.74 Å². The van der Waals surface area contributed by atoms with Crippen LogP contribution in [0.15, 0.2) is 22.9 Å². The lowest BCUT2D eigenvalue weighted by Gasteiger charge is -2.20. The molecule has 0 N–H and O–H groups in total. The van der Waals surface area contributed by atoms with Crippen molar-refractivity contribution in [1.29, 1.82) is 0 Å². The largest absolute Gasteiger partial charge is 0.465 e. The Morgan fingerprint density at radius 3 is 2.70 bits per heavy atom. The zero-order valence-electron chi connectivity index (χ0n) is 11.9. The third kappa shape index (κ3) is 3.28. The van der Waals surface area contributed by atoms with Gasteiger partial charge >= 0.3 is 5.97 Å². The maximum absolute atomic E-state index is 12.7. The smallest absolute Gasteiger partial charge is 0.349 e. The van der Waals surface area contributed by atoms with Gasteiger partial charge in [-0.3, -0.25) is 0 Å². The van der Waals surface area contributed by atoms with E-state index in [0.29, 0.717) is 18.5 Å². The SMILES string of the molecule is C=CCN(CCC)S(=O)(=O)c1c(C)csc1C(=O)OC. The van der Waals surface area contributed by atoms with Crippen molar-refractivity contribution in [2.24, 2.45) is 0 Å². The van der Waals surface area contributed by atoms with Gasteiger partial charge in [-0.25, -0.2) is 13.2 Å². The van der Waals surface area contributed by atoms with Crippen LogP contribution in [0, 0.1) is 6.92 Å². The van der Waals surface area contributed by atoms with Crippen LogP contribution in [0.5, 0.6) is 0 Å². The van der Waals surface area contributed by atoms with Crippen LogP contribution in [0.25, 0.3) is 0 Å². The van der Waals surface area contributed by atoms with Gasteiger partial charge in [0, 0.05) is 13.1 Å². The molecular formula is C13H19NO4S2. The highest BCUT2D eigenvalue weighted by Gasteiger charge is 2.31. The highest BCUT2D eigenvalue weighted by molar-refractivity contribution is 7.89. The molecule has 5 nitrogen and oxygen atoms in total. The number of hydrogen-bond donors (Lipinski definition) is 0. The quantitative estimate of drug-likeness (QED) is 0.572. The first kappa shape index (κ1) is 16.9. The first-order valence-corrected chi connectivity index (χ1v) is 8.49. The minimum atomic E-state index is -3.73. The predicted molar refractivity (Wildman–Crippen MR) is 79.6 cm³/mol. The molecule has 0 saturated heterocycles. The Balaban J connectivity index is 3.36. The van der Waals surface area contributed by atoms with E-state index in [4.69, 9.17) is 0 Å². The Kier molecular flexibility index (Phi) is 5.91. The molecule has 0 aliphatic heterocycles. The zero-order chi connectivity index (χ0) is 15.3. The van der Waals surface area contributed by atoms with E-state index < -0.39 is 16.0 Å². The van der Waals surface area contributed by atoms with Crippen molar-refractivity contribution in [3.8, 4) is 0 Å². The molecule has 0 bridgehead atoms. The van der Waals surface area contributed by atoms with E-state index in [1.165, 1.54) is 17.5 Å². The fourth-order valence-corrected chi connectivity index (χ4v) is 4.98. The summed E-state index contributed by atoms with van der Waals surface area (Å²) in [7, 11) is -2.49. The van der Waals surface area contributed by atoms with Crippen LogP contribution in [-0.2, 0) is 14.8 Å². The van der Waals surface area contributed by atoms with Crippen molar-refractivity contribution in [1.82, 2.24) is 4.31 Å². The highest BCUT2D eigenvalue weighted by Crippen LogP contribution is 2.30. The molecule has 0 aliphatic rings. The average Bonchev–Trinajstić information content (AvgIpc) is 2.80. The van der Waals surface area contributed by atoms with Crippen LogP contribution in [0.3, 0.4) is 0 Å². The number of thiophene rings is 1. The number of nitrogens with zero attached hydrogens (tertiary/aromatic N) is 1. The Hall–Kier alpha value is -1.18. The molecule has 0 unspecified atom stereocenters. The summed E-state index contributed by atoms with van der Waals surface area (Å²) < 4.78 is 31.4. The summed E-state index contributed by atoms with van der Waals surface area (Å²) in [6.07, 6.45) is 2.22. The molecule has 7 heteroatoms. The summed E-state index contributed by atoms with van der Waals surface area (Å²) in [5.41, 5.74) is 0.556. The number of methoxy groups -OCH3 is 1. The number of hydrogen-bond acceptors (Lipinski definition) is 5. The molecule has 1 aromatic heterocycles. The van der Waals surface area contributed by atoms with Crippen molar-refractivity contribution in [3.05, 3.63) is 28.5 Å². The normalized spacial score (nSPS) is 11.6. The number of carbonyl (C=O) groups is 1. The minimum Gasteiger partial charge on any atom is -0.465 e. The van der Waals surface area contributed by atoms with Crippen LogP contribution >= 0.6 is 11.3 Å². The number of rotatable bonds is 7. The molecule has 0 fully saturated rings. The van der Waals surface area contributed by atoms with Crippen LogP contribution in [0.2, 0.25) is 0 Å². The summed E-state index contributed by atoms with van der Waals surface area (Å²) in [6.45, 7) is 7.74. The van der Waals surface area contributed by atoms with Gasteiger partial charge in [0.25, 0.3) is 0 Å². The number of sulfonamides is 1. The number of carbonyl (C=O) groups excluding carboxylic acids is 1. The molecule has 112 valence electrons. The molecular weight excluding hydrogens is 298 g/mol. The average molecular weight is 317 g/mol. The molecule has 0 aliphatic carbocycles. The summed E-state index contributed by atoms with van der Waals surface area (Å²) in [4.78, 5) is 11.9. The van der Waals surface area contributed by atoms with Crippen molar-refractivity contribution < 1.29 is 17.9 Å². The van der Waals surface area contributed by atoms with Gasteiger partial charge in [0.05, 0.1) is 7.11 Å². The second-order valence-electron chi connectivity index (χ2n) is 4.22. The molecule has 0 spiro atoms. The van der Waals surface area contributed by atoms with E-state index in [1.807, 2.05) is 6.92 Å². The lowest BCUT2D eigenvalue weighted by atomic mass is 10.3. The molecule has 20 heavy (non-hydrogen) atoms. The van der Waals surface area contributed by atoms with E-state index in [9.17, 15) is 13.2 Å². The first-order valence-electron chi connectivity index (χ1n) is 6.17. The summed E-state index contributed by atoms with van der Waals surface area (Å²) in [6, 6.07) is 0. The van der Waals surface area contributed by atoms with Gasteiger partial charge in [-0.2, -0.15) is 4.31 Å². The maximum Gasteiger partial charge on any atom is 0.349 e. The van der Waals surface area contributed by atoms with Gasteiger partial charge in [-0.1, -0.05) is 13.0 Å². The van der Waals surface area contributed by atoms with Crippen LogP contribution < -0.4 is 0 Å². The lowest BCUT2D eigenvalue weighted by molar-refractivity contribution is 0.0602. The molecule has 0 saturated carbocycles. The summed E-state index contributed by atoms with van der Waals surface area (Å²) in [5.74, 6) is -0.628. The molecule has 0 atom stereocenters. The standard InChI is InChI=1S/C13H19NO4S2/c1-5-7-14(8-6-2)20(16,17)12-10(3)9-19-11(12)13(15)18-4/h5,9H,1,6-8H2,2-4H3. The van der Waals surface area contributed by atoms with Crippen LogP contribution in [0.4, 0.5) is 0 Å². The molecule has 1 aromatic rings. The number of esters is 1. The van der Waals surface area contributed by atoms with Gasteiger partial charge in [-0.05, 0) is 24.3 Å². The zero-order valence-corrected chi connectivity index (χ0v) is 13.5. The van der Waals surface area contributed by atoms with Gasteiger partial charge in [0.1, 0.15) is 9.77 Å². The third-order valence-corrected chi connectivity index (χ3v) is 5.95. The number of aryl methyl sites for hydroxylation is 1. The molecule has 0 aromatic carbocycles. The second-order valence-corrected chi connectivity index (χ2v) is 6.97. The fraction of sp³-hybridized carbons (Fsp3) is 0.462. The van der Waals surface area contributed by atoms with Crippen LogP contribution in [-0.4, -0.2) is 38.9 Å². The van der Waals surface area contributed by atoms with Crippen molar-refractivity contribution in [3.63, 3.8) is 0 Å². The summed E-state index contributed by atoms with van der Waals surface area (Å²) in [5, 5.41) is 1.65. The topological polar surface area (TPSA) is 63.7 Å². The summed E-state index contributed by atoms with van der Waals surface area (Å²) >= 11 is 1.08. The fourth-order valence-electron chi connectivity index (χ4n) is 1.82. The highest BCUT2D eigenvalue weighted by atomic mass is 32.2. The van der Waals surface area contributed by atoms with Crippen LogP contribution in [0.1, 0.15) is 28.6 Å². The molecule has 1 rings (SSSR count). The van der Waals surface area contributed by atoms with Gasteiger partial charge in [-0.15, -0.1) is 17.9 Å². The molecule has 0 radical (unpaired) electrons. The van der Waals surface area contributed by atoms with E-state index in [-0.39, 0.29) is 16.3 Å². The van der Waals surface area contributed by atoms with Gasteiger partial charge in [0.15, 0.2) is 0 Å². The Bertz CT molecular complexity index is 590. The molecule has 1 heterocycles.